The van der Waals surface area contributed by atoms with Crippen LogP contribution >= 0.6 is 12.4 Å². The molecule has 6 heteroatoms. The van der Waals surface area contributed by atoms with Crippen molar-refractivity contribution in [3.8, 4) is 0 Å². The van der Waals surface area contributed by atoms with Gasteiger partial charge in [-0.3, -0.25) is 9.59 Å². The van der Waals surface area contributed by atoms with Gasteiger partial charge in [-0.2, -0.15) is 0 Å². The van der Waals surface area contributed by atoms with Gasteiger partial charge in [0.2, 0.25) is 11.8 Å². The van der Waals surface area contributed by atoms with Gasteiger partial charge in [0, 0.05) is 31.1 Å². The molecule has 0 radical (unpaired) electrons. The second-order valence-electron chi connectivity index (χ2n) is 7.19. The molecule has 2 amide bonds. The van der Waals surface area contributed by atoms with Gasteiger partial charge in [0.15, 0.2) is 0 Å². The van der Waals surface area contributed by atoms with Crippen molar-refractivity contribution in [3.05, 3.63) is 0 Å². The molecule has 1 aliphatic heterocycles. The number of carbonyl (C=O) groups is 2. The Morgan fingerprint density at radius 1 is 1.22 bits per heavy atom. The Labute approximate surface area is 146 Å². The normalized spacial score (nSPS) is 28.8. The third-order valence-corrected chi connectivity index (χ3v) is 5.28. The van der Waals surface area contributed by atoms with E-state index in [1.807, 2.05) is 11.8 Å². The Morgan fingerprint density at radius 2 is 1.87 bits per heavy atom. The molecule has 2 rings (SSSR count). The molecule has 134 valence electrons. The molecule has 0 aromatic carbocycles. The summed E-state index contributed by atoms with van der Waals surface area (Å²) >= 11 is 0. The number of halogens is 1. The highest BCUT2D eigenvalue weighted by Gasteiger charge is 2.40. The highest BCUT2D eigenvalue weighted by atomic mass is 35.5. The van der Waals surface area contributed by atoms with E-state index in [1.165, 1.54) is 0 Å². The summed E-state index contributed by atoms with van der Waals surface area (Å²) in [7, 11) is 0. The monoisotopic (exact) mass is 345 g/mol. The molecule has 0 aromatic heterocycles. The van der Waals surface area contributed by atoms with Gasteiger partial charge >= 0.3 is 0 Å². The van der Waals surface area contributed by atoms with E-state index >= 15 is 0 Å². The molecule has 1 aliphatic carbocycles. The van der Waals surface area contributed by atoms with E-state index in [9.17, 15) is 9.59 Å². The zero-order valence-electron chi connectivity index (χ0n) is 14.5. The number of nitrogens with two attached hydrogens (primary N) is 1. The van der Waals surface area contributed by atoms with Gasteiger partial charge in [0.05, 0.1) is 5.92 Å². The summed E-state index contributed by atoms with van der Waals surface area (Å²) in [5, 5.41) is 2.96. The van der Waals surface area contributed by atoms with Crippen molar-refractivity contribution in [2.24, 2.45) is 17.6 Å². The number of nitrogens with zero attached hydrogens (tertiary/aromatic N) is 1. The second-order valence-corrected chi connectivity index (χ2v) is 7.19. The van der Waals surface area contributed by atoms with Crippen molar-refractivity contribution < 1.29 is 9.59 Å². The van der Waals surface area contributed by atoms with Crippen LogP contribution in [0.5, 0.6) is 0 Å². The molecule has 1 saturated carbocycles. The van der Waals surface area contributed by atoms with E-state index in [0.717, 1.165) is 51.5 Å². The molecule has 0 aromatic rings. The second kappa shape index (κ2) is 8.88. The predicted octanol–water partition coefficient (Wildman–Crippen LogP) is 2.08. The lowest BCUT2D eigenvalue weighted by Gasteiger charge is -2.41. The van der Waals surface area contributed by atoms with Crippen molar-refractivity contribution >= 4 is 24.2 Å². The smallest absolute Gasteiger partial charge is 0.227 e. The molecule has 2 unspecified atom stereocenters. The summed E-state index contributed by atoms with van der Waals surface area (Å²) in [5.74, 6) is 0.366. The van der Waals surface area contributed by atoms with Crippen LogP contribution in [0.15, 0.2) is 0 Å². The van der Waals surface area contributed by atoms with Crippen LogP contribution in [0.3, 0.4) is 0 Å². The highest BCUT2D eigenvalue weighted by Crippen LogP contribution is 2.33. The first-order chi connectivity index (χ1) is 10.5. The Bertz CT molecular complexity index is 407. The summed E-state index contributed by atoms with van der Waals surface area (Å²) in [6, 6.07) is 0. The quantitative estimate of drug-likeness (QED) is 0.819. The van der Waals surface area contributed by atoms with Crippen LogP contribution in [0.25, 0.3) is 0 Å². The fourth-order valence-electron chi connectivity index (χ4n) is 3.74. The van der Waals surface area contributed by atoms with Crippen molar-refractivity contribution in [1.29, 1.82) is 0 Å². The summed E-state index contributed by atoms with van der Waals surface area (Å²) in [6.07, 6.45) is 6.56. The van der Waals surface area contributed by atoms with E-state index in [0.29, 0.717) is 13.1 Å². The predicted molar refractivity (Wildman–Crippen MR) is 94.4 cm³/mol. The molecule has 2 atom stereocenters. The van der Waals surface area contributed by atoms with E-state index in [2.05, 4.69) is 12.2 Å². The maximum atomic E-state index is 12.8. The molecular formula is C17H32ClN3O2. The van der Waals surface area contributed by atoms with E-state index in [4.69, 9.17) is 5.73 Å². The minimum absolute atomic E-state index is 0. The first-order valence-electron chi connectivity index (χ1n) is 8.81. The van der Waals surface area contributed by atoms with Gasteiger partial charge in [0.25, 0.3) is 0 Å². The number of likely N-dealkylation sites (tertiary alicyclic amines) is 1. The molecule has 23 heavy (non-hydrogen) atoms. The van der Waals surface area contributed by atoms with Gasteiger partial charge in [-0.1, -0.05) is 19.8 Å². The number of hydrogen-bond donors (Lipinski definition) is 2. The number of hydrogen-bond acceptors (Lipinski definition) is 3. The van der Waals surface area contributed by atoms with Gasteiger partial charge in [0.1, 0.15) is 0 Å². The lowest BCUT2D eigenvalue weighted by atomic mass is 9.73. The minimum atomic E-state index is -0.370. The number of rotatable bonds is 4. The van der Waals surface area contributed by atoms with Crippen molar-refractivity contribution in [2.45, 2.75) is 64.3 Å². The Hall–Kier alpha value is -0.810. The van der Waals surface area contributed by atoms with Crippen molar-refractivity contribution in [2.75, 3.05) is 19.6 Å². The fourth-order valence-corrected chi connectivity index (χ4v) is 3.74. The Morgan fingerprint density at radius 3 is 2.43 bits per heavy atom. The first-order valence-corrected chi connectivity index (χ1v) is 8.81. The lowest BCUT2D eigenvalue weighted by Crippen LogP contribution is -2.55. The lowest BCUT2D eigenvalue weighted by molar-refractivity contribution is -0.142. The first kappa shape index (κ1) is 20.2. The molecule has 2 aliphatic rings. The van der Waals surface area contributed by atoms with E-state index in [1.54, 1.807) is 0 Å². The Kier molecular flexibility index (Phi) is 7.81. The largest absolute Gasteiger partial charge is 0.356 e. The number of nitrogens with one attached hydrogen (secondary N) is 1. The highest BCUT2D eigenvalue weighted by molar-refractivity contribution is 5.85. The molecule has 2 fully saturated rings. The third kappa shape index (κ3) is 5.08. The average Bonchev–Trinajstić information content (AvgIpc) is 2.51. The summed E-state index contributed by atoms with van der Waals surface area (Å²) in [5.41, 5.74) is 5.98. The maximum Gasteiger partial charge on any atom is 0.227 e. The van der Waals surface area contributed by atoms with Crippen molar-refractivity contribution in [1.82, 2.24) is 10.2 Å². The van der Waals surface area contributed by atoms with Crippen LogP contribution in [-0.2, 0) is 9.59 Å². The standard InChI is InChI=1S/C17H31N3O2.ClH/c1-3-10-19-15(21)13-7-11-20(12-8-13)16(22)14-6-4-5-9-17(14,2)18;/h13-14H,3-12,18H2,1-2H3,(H,19,21);1H. The van der Waals surface area contributed by atoms with E-state index < -0.39 is 0 Å². The van der Waals surface area contributed by atoms with Crippen LogP contribution < -0.4 is 11.1 Å². The molecule has 1 heterocycles. The summed E-state index contributed by atoms with van der Waals surface area (Å²) < 4.78 is 0. The number of amides is 2. The SMILES string of the molecule is CCCNC(=O)C1CCN(C(=O)C2CCCCC2(C)N)CC1.Cl. The fraction of sp³-hybridized carbons (Fsp3) is 0.882. The molecule has 5 nitrogen and oxygen atoms in total. The van der Waals surface area contributed by atoms with Gasteiger partial charge in [-0.05, 0) is 39.0 Å². The van der Waals surface area contributed by atoms with Crippen LogP contribution in [0, 0.1) is 11.8 Å². The number of carbonyl (C=O) groups excluding carboxylic acids is 2. The zero-order valence-corrected chi connectivity index (χ0v) is 15.3. The molecule has 0 bridgehead atoms. The van der Waals surface area contributed by atoms with Crippen LogP contribution in [-0.4, -0.2) is 41.9 Å². The molecule has 0 spiro atoms. The summed E-state index contributed by atoms with van der Waals surface area (Å²) in [4.78, 5) is 26.7. The molecular weight excluding hydrogens is 314 g/mol. The molecule has 3 N–H and O–H groups in total. The van der Waals surface area contributed by atoms with Crippen LogP contribution in [0.1, 0.15) is 58.8 Å². The van der Waals surface area contributed by atoms with Crippen molar-refractivity contribution in [3.63, 3.8) is 0 Å². The van der Waals surface area contributed by atoms with Crippen LogP contribution in [0.2, 0.25) is 0 Å². The average molecular weight is 346 g/mol. The van der Waals surface area contributed by atoms with Gasteiger partial charge in [-0.15, -0.1) is 12.4 Å². The van der Waals surface area contributed by atoms with E-state index in [-0.39, 0.29) is 41.6 Å². The third-order valence-electron chi connectivity index (χ3n) is 5.28. The molecule has 1 saturated heterocycles. The minimum Gasteiger partial charge on any atom is -0.356 e. The zero-order chi connectivity index (χ0) is 16.2. The van der Waals surface area contributed by atoms with Gasteiger partial charge in [-0.25, -0.2) is 0 Å². The summed E-state index contributed by atoms with van der Waals surface area (Å²) in [6.45, 7) is 6.19. The topological polar surface area (TPSA) is 75.4 Å². The number of piperidine rings is 1. The maximum absolute atomic E-state index is 12.8. The van der Waals surface area contributed by atoms with Crippen LogP contribution in [0.4, 0.5) is 0 Å². The Balaban J connectivity index is 0.00000264. The van der Waals surface area contributed by atoms with Gasteiger partial charge < -0.3 is 16.0 Å².